The third-order valence-electron chi connectivity index (χ3n) is 3.67. The van der Waals surface area contributed by atoms with Crippen molar-refractivity contribution in [3.05, 3.63) is 66.2 Å². The van der Waals surface area contributed by atoms with E-state index in [1.807, 2.05) is 18.0 Å². The van der Waals surface area contributed by atoms with Gasteiger partial charge in [-0.1, -0.05) is 19.2 Å². The first-order valence-electron chi connectivity index (χ1n) is 6.84. The Morgan fingerprint density at radius 3 is 2.95 bits per heavy atom. The first-order valence-corrected chi connectivity index (χ1v) is 6.84. The van der Waals surface area contributed by atoms with Gasteiger partial charge in [0.1, 0.15) is 5.82 Å². The van der Waals surface area contributed by atoms with E-state index in [4.69, 9.17) is 0 Å². The lowest BCUT2D eigenvalue weighted by Gasteiger charge is -2.23. The van der Waals surface area contributed by atoms with Crippen LogP contribution in [0.2, 0.25) is 0 Å². The van der Waals surface area contributed by atoms with Crippen molar-refractivity contribution >= 4 is 5.70 Å². The summed E-state index contributed by atoms with van der Waals surface area (Å²) in [6, 6.07) is 3.30. The maximum absolute atomic E-state index is 13.6. The molecule has 0 spiro atoms. The Bertz CT molecular complexity index is 560. The lowest BCUT2D eigenvalue weighted by Crippen LogP contribution is -2.31. The molecule has 1 aromatic carbocycles. The van der Waals surface area contributed by atoms with Gasteiger partial charge < -0.3 is 5.43 Å². The Morgan fingerprint density at radius 2 is 2.25 bits per heavy atom. The van der Waals surface area contributed by atoms with Gasteiger partial charge in [0.05, 0.1) is 12.2 Å². The standard InChI is InChI=1S/C17H21FN2/c1-5-6-7-8-12(2)19-20-11-16-13(3)17(18)10-9-15(16)14(20)4/h5,9-10,19H,1-2,4,6-8,11H2,3H3. The lowest BCUT2D eigenvalue weighted by atomic mass is 10.0. The Labute approximate surface area is 120 Å². The lowest BCUT2D eigenvalue weighted by molar-refractivity contribution is 0.325. The molecule has 1 heterocycles. The second-order valence-corrected chi connectivity index (χ2v) is 5.13. The molecule has 0 amide bonds. The molecule has 0 aromatic heterocycles. The molecule has 0 saturated carbocycles. The highest BCUT2D eigenvalue weighted by molar-refractivity contribution is 5.70. The molecular formula is C17H21FN2. The molecule has 1 N–H and O–H groups in total. The first-order chi connectivity index (χ1) is 9.54. The molecule has 1 aromatic rings. The molecule has 0 atom stereocenters. The van der Waals surface area contributed by atoms with Crippen LogP contribution in [0.25, 0.3) is 5.70 Å². The smallest absolute Gasteiger partial charge is 0.126 e. The predicted octanol–water partition coefficient (Wildman–Crippen LogP) is 4.30. The minimum atomic E-state index is -0.164. The summed E-state index contributed by atoms with van der Waals surface area (Å²) in [5.74, 6) is -0.164. The third kappa shape index (κ3) is 2.77. The quantitative estimate of drug-likeness (QED) is 0.613. The van der Waals surface area contributed by atoms with Gasteiger partial charge in [0.2, 0.25) is 0 Å². The number of hydrogen-bond acceptors (Lipinski definition) is 2. The van der Waals surface area contributed by atoms with Crippen molar-refractivity contribution in [2.75, 3.05) is 0 Å². The molecule has 1 aliphatic heterocycles. The zero-order valence-electron chi connectivity index (χ0n) is 12.0. The highest BCUT2D eigenvalue weighted by atomic mass is 19.1. The Hall–Kier alpha value is -2.03. The fourth-order valence-electron chi connectivity index (χ4n) is 2.41. The highest BCUT2D eigenvalue weighted by Gasteiger charge is 2.25. The Morgan fingerprint density at radius 1 is 1.50 bits per heavy atom. The summed E-state index contributed by atoms with van der Waals surface area (Å²) in [6.07, 6.45) is 4.80. The van der Waals surface area contributed by atoms with Crippen molar-refractivity contribution in [3.8, 4) is 0 Å². The van der Waals surface area contributed by atoms with Crippen molar-refractivity contribution in [1.29, 1.82) is 0 Å². The Kier molecular flexibility index (Phi) is 4.28. The van der Waals surface area contributed by atoms with E-state index in [9.17, 15) is 4.39 Å². The second-order valence-electron chi connectivity index (χ2n) is 5.13. The Balaban J connectivity index is 2.04. The number of unbranched alkanes of at least 4 members (excludes halogenated alkanes) is 1. The summed E-state index contributed by atoms with van der Waals surface area (Å²) >= 11 is 0. The summed E-state index contributed by atoms with van der Waals surface area (Å²) in [7, 11) is 0. The van der Waals surface area contributed by atoms with Crippen molar-refractivity contribution in [3.63, 3.8) is 0 Å². The van der Waals surface area contributed by atoms with E-state index >= 15 is 0 Å². The van der Waals surface area contributed by atoms with Crippen molar-refractivity contribution in [1.82, 2.24) is 10.4 Å². The molecule has 106 valence electrons. The van der Waals surface area contributed by atoms with Crippen LogP contribution in [-0.4, -0.2) is 5.01 Å². The number of nitrogens with zero attached hydrogens (tertiary/aromatic N) is 1. The number of fused-ring (bicyclic) bond motifs is 1. The number of hydrazine groups is 1. The second kappa shape index (κ2) is 5.95. The maximum Gasteiger partial charge on any atom is 0.126 e. The van der Waals surface area contributed by atoms with Gasteiger partial charge >= 0.3 is 0 Å². The zero-order valence-corrected chi connectivity index (χ0v) is 12.0. The van der Waals surface area contributed by atoms with Gasteiger partial charge in [0, 0.05) is 11.3 Å². The topological polar surface area (TPSA) is 15.3 Å². The predicted molar refractivity (Wildman–Crippen MR) is 82.0 cm³/mol. The molecule has 3 heteroatoms. The van der Waals surface area contributed by atoms with Crippen LogP contribution in [0.1, 0.15) is 36.0 Å². The normalized spacial score (nSPS) is 13.3. The average molecular weight is 272 g/mol. The van der Waals surface area contributed by atoms with Gasteiger partial charge in [-0.2, -0.15) is 0 Å². The number of hydrogen-bond donors (Lipinski definition) is 1. The van der Waals surface area contributed by atoms with Crippen molar-refractivity contribution in [2.24, 2.45) is 0 Å². The molecule has 20 heavy (non-hydrogen) atoms. The minimum absolute atomic E-state index is 0.164. The minimum Gasteiger partial charge on any atom is -0.303 e. The van der Waals surface area contributed by atoms with Crippen LogP contribution >= 0.6 is 0 Å². The van der Waals surface area contributed by atoms with Gasteiger partial charge in [0.25, 0.3) is 0 Å². The van der Waals surface area contributed by atoms with E-state index in [2.05, 4.69) is 25.2 Å². The molecule has 2 rings (SSSR count). The van der Waals surface area contributed by atoms with Crippen molar-refractivity contribution < 1.29 is 4.39 Å². The number of halogens is 1. The monoisotopic (exact) mass is 272 g/mol. The summed E-state index contributed by atoms with van der Waals surface area (Å²) in [4.78, 5) is 0. The van der Waals surface area contributed by atoms with Gasteiger partial charge in [0.15, 0.2) is 0 Å². The van der Waals surface area contributed by atoms with Gasteiger partial charge in [-0.25, -0.2) is 4.39 Å². The molecule has 0 bridgehead atoms. The van der Waals surface area contributed by atoms with E-state index < -0.39 is 0 Å². The van der Waals surface area contributed by atoms with Crippen LogP contribution in [0, 0.1) is 12.7 Å². The molecule has 0 fully saturated rings. The molecule has 1 aliphatic rings. The van der Waals surface area contributed by atoms with E-state index in [-0.39, 0.29) is 5.82 Å². The fourth-order valence-corrected chi connectivity index (χ4v) is 2.41. The van der Waals surface area contributed by atoms with E-state index in [0.29, 0.717) is 12.1 Å². The number of rotatable bonds is 6. The van der Waals surface area contributed by atoms with Crippen molar-refractivity contribution in [2.45, 2.75) is 32.7 Å². The number of benzene rings is 1. The van der Waals surface area contributed by atoms with E-state index in [1.165, 1.54) is 6.07 Å². The third-order valence-corrected chi connectivity index (χ3v) is 3.67. The summed E-state index contributed by atoms with van der Waals surface area (Å²) in [6.45, 7) is 14.2. The molecule has 0 radical (unpaired) electrons. The highest BCUT2D eigenvalue weighted by Crippen LogP contribution is 2.33. The molecule has 0 saturated heterocycles. The van der Waals surface area contributed by atoms with Gasteiger partial charge in [-0.3, -0.25) is 5.01 Å². The van der Waals surface area contributed by atoms with Crippen LogP contribution < -0.4 is 5.43 Å². The van der Waals surface area contributed by atoms with Crippen LogP contribution in [-0.2, 0) is 6.54 Å². The average Bonchev–Trinajstić information content (AvgIpc) is 2.72. The van der Waals surface area contributed by atoms with Crippen LogP contribution in [0.15, 0.2) is 43.6 Å². The molecule has 0 aliphatic carbocycles. The van der Waals surface area contributed by atoms with E-state index in [1.54, 1.807) is 6.07 Å². The largest absolute Gasteiger partial charge is 0.303 e. The number of allylic oxidation sites excluding steroid dienone is 2. The summed E-state index contributed by atoms with van der Waals surface area (Å²) in [5, 5.41) is 1.94. The molecule has 2 nitrogen and oxygen atoms in total. The van der Waals surface area contributed by atoms with Gasteiger partial charge in [-0.15, -0.1) is 6.58 Å². The fraction of sp³-hybridized carbons (Fsp3) is 0.294. The summed E-state index contributed by atoms with van der Waals surface area (Å²) < 4.78 is 13.6. The van der Waals surface area contributed by atoms with Crippen LogP contribution in [0.5, 0.6) is 0 Å². The zero-order chi connectivity index (χ0) is 14.7. The van der Waals surface area contributed by atoms with Crippen LogP contribution in [0.4, 0.5) is 4.39 Å². The maximum atomic E-state index is 13.6. The molecular weight excluding hydrogens is 251 g/mol. The van der Waals surface area contributed by atoms with Gasteiger partial charge in [-0.05, 0) is 49.4 Å². The van der Waals surface area contributed by atoms with E-state index in [0.717, 1.165) is 41.8 Å². The number of nitrogens with one attached hydrogen (secondary N) is 1. The summed E-state index contributed by atoms with van der Waals surface area (Å²) in [5.41, 5.74) is 7.79. The first kappa shape index (κ1) is 14.4. The molecule has 0 unspecified atom stereocenters. The SMILES string of the molecule is C=CCCCC(=C)NN1Cc2c(ccc(F)c2C)C1=C. The van der Waals surface area contributed by atoms with Crippen LogP contribution in [0.3, 0.4) is 0 Å².